The minimum absolute atomic E-state index is 0.0785. The van der Waals surface area contributed by atoms with Gasteiger partial charge in [0, 0.05) is 25.1 Å². The van der Waals surface area contributed by atoms with Gasteiger partial charge in [-0.1, -0.05) is 30.3 Å². The monoisotopic (exact) mass is 505 g/mol. The lowest BCUT2D eigenvalue weighted by Crippen LogP contribution is -2.36. The quantitative estimate of drug-likeness (QED) is 0.270. The molecule has 1 aliphatic rings. The minimum atomic E-state index is -2.88. The molecule has 1 saturated carbocycles. The molecule has 11 heteroatoms. The number of ether oxygens (including phenoxy) is 3. The number of carbonyl (C=O) groups excluding carboxylic acids is 1. The minimum Gasteiger partial charge on any atom is -0.474 e. The molecule has 0 spiro atoms. The number of pyridine rings is 1. The van der Waals surface area contributed by atoms with Crippen LogP contribution in [0.25, 0.3) is 0 Å². The Kier molecular flexibility index (Phi) is 9.54. The zero-order chi connectivity index (χ0) is 26.1. The van der Waals surface area contributed by atoms with E-state index in [-0.39, 0.29) is 42.1 Å². The normalized spacial score (nSPS) is 20.5. The number of carbonyl (C=O) groups is 1. The molecule has 0 aliphatic heterocycles. The van der Waals surface area contributed by atoms with Crippen LogP contribution in [0.4, 0.5) is 25.1 Å². The van der Waals surface area contributed by atoms with Crippen LogP contribution in [0.15, 0.2) is 42.6 Å². The van der Waals surface area contributed by atoms with Crippen LogP contribution < -0.4 is 16.4 Å². The first-order valence-corrected chi connectivity index (χ1v) is 11.8. The first-order chi connectivity index (χ1) is 17.2. The Morgan fingerprint density at radius 3 is 2.58 bits per heavy atom. The second kappa shape index (κ2) is 12.6. The summed E-state index contributed by atoms with van der Waals surface area (Å²) >= 11 is 0. The number of nitrogens with two attached hydrogens (primary N) is 1. The number of nitrogen functional groups attached to an aromatic ring is 1. The lowest BCUT2D eigenvalue weighted by atomic mass is 9.84. The Bertz CT molecular complexity index is 1020. The molecule has 2 amide bonds. The molecule has 1 atom stereocenters. The third-order valence-corrected chi connectivity index (χ3v) is 6.35. The summed E-state index contributed by atoms with van der Waals surface area (Å²) < 4.78 is 40.4. The van der Waals surface area contributed by atoms with E-state index in [9.17, 15) is 13.6 Å². The number of alkyl halides is 2. The van der Waals surface area contributed by atoms with Crippen molar-refractivity contribution in [2.24, 2.45) is 0 Å². The van der Waals surface area contributed by atoms with Gasteiger partial charge in [-0.3, -0.25) is 10.7 Å². The Labute approximate surface area is 209 Å². The molecular weight excluding hydrogens is 472 g/mol. The van der Waals surface area contributed by atoms with Crippen molar-refractivity contribution < 1.29 is 27.8 Å². The van der Waals surface area contributed by atoms with E-state index in [1.165, 1.54) is 12.3 Å². The summed E-state index contributed by atoms with van der Waals surface area (Å²) in [5.41, 5.74) is 7.25. The average molecular weight is 506 g/mol. The highest BCUT2D eigenvalue weighted by Crippen LogP contribution is 2.32. The molecule has 0 radical (unpaired) electrons. The van der Waals surface area contributed by atoms with E-state index in [4.69, 9.17) is 20.6 Å². The van der Waals surface area contributed by atoms with E-state index in [0.29, 0.717) is 5.56 Å². The number of halogens is 2. The molecule has 9 nitrogen and oxygen atoms in total. The summed E-state index contributed by atoms with van der Waals surface area (Å²) in [6.07, 6.45) is 4.63. The van der Waals surface area contributed by atoms with Crippen molar-refractivity contribution in [1.82, 2.24) is 10.3 Å². The predicted molar refractivity (Wildman–Crippen MR) is 132 cm³/mol. The highest BCUT2D eigenvalue weighted by Gasteiger charge is 2.32. The molecule has 196 valence electrons. The van der Waals surface area contributed by atoms with E-state index in [0.717, 1.165) is 31.2 Å². The van der Waals surface area contributed by atoms with E-state index >= 15 is 0 Å². The Balaban J connectivity index is 1.57. The van der Waals surface area contributed by atoms with Crippen molar-refractivity contribution in [1.29, 1.82) is 5.41 Å². The predicted octanol–water partition coefficient (Wildman–Crippen LogP) is 4.85. The number of anilines is 2. The molecule has 3 rings (SSSR count). The maximum Gasteiger partial charge on any atom is 0.345 e. The molecule has 1 aromatic heterocycles. The highest BCUT2D eigenvalue weighted by atomic mass is 19.3. The van der Waals surface area contributed by atoms with Gasteiger partial charge in [0.15, 0.2) is 0 Å². The van der Waals surface area contributed by atoms with Crippen molar-refractivity contribution in [3.63, 3.8) is 0 Å². The number of hydrogen-bond acceptors (Lipinski definition) is 7. The zero-order valence-electron chi connectivity index (χ0n) is 20.4. The van der Waals surface area contributed by atoms with Crippen molar-refractivity contribution in [3.05, 3.63) is 53.7 Å². The summed E-state index contributed by atoms with van der Waals surface area (Å²) in [6, 6.07) is 9.25. The number of urea groups is 1. The Morgan fingerprint density at radius 1 is 1.28 bits per heavy atom. The van der Waals surface area contributed by atoms with Gasteiger partial charge in [0.25, 0.3) is 0 Å². The fourth-order valence-corrected chi connectivity index (χ4v) is 4.08. The molecule has 1 aliphatic carbocycles. The van der Waals surface area contributed by atoms with Gasteiger partial charge >= 0.3 is 12.6 Å². The number of nitrogens with zero attached hydrogens (tertiary/aromatic N) is 1. The third-order valence-electron chi connectivity index (χ3n) is 6.35. The van der Waals surface area contributed by atoms with Gasteiger partial charge in [-0.15, -0.1) is 0 Å². The number of nitrogens with one attached hydrogen (secondary N) is 3. The van der Waals surface area contributed by atoms with E-state index in [2.05, 4.69) is 27.3 Å². The molecule has 0 unspecified atom stereocenters. The summed E-state index contributed by atoms with van der Waals surface area (Å²) in [5, 5.41) is 13.6. The molecular formula is C25H33F2N5O4. The first-order valence-electron chi connectivity index (χ1n) is 11.8. The fourth-order valence-electron chi connectivity index (χ4n) is 4.08. The van der Waals surface area contributed by atoms with Crippen molar-refractivity contribution in [3.8, 4) is 0 Å². The maximum absolute atomic E-state index is 12.6. The number of methoxy groups -OCH3 is 1. The van der Waals surface area contributed by atoms with Crippen LogP contribution in [-0.2, 0) is 14.2 Å². The topological polar surface area (TPSA) is 132 Å². The van der Waals surface area contributed by atoms with Crippen LogP contribution in [-0.4, -0.2) is 48.9 Å². The number of benzene rings is 1. The smallest absolute Gasteiger partial charge is 0.345 e. The fraction of sp³-hybridized carbons (Fsp3) is 0.480. The number of aromatic nitrogens is 1. The van der Waals surface area contributed by atoms with Crippen LogP contribution in [0.1, 0.15) is 56.2 Å². The molecule has 1 aromatic carbocycles. The molecule has 1 fully saturated rings. The summed E-state index contributed by atoms with van der Waals surface area (Å²) in [7, 11) is 1.70. The Morgan fingerprint density at radius 2 is 1.97 bits per heavy atom. The van der Waals surface area contributed by atoms with E-state index < -0.39 is 18.7 Å². The maximum atomic E-state index is 12.6. The van der Waals surface area contributed by atoms with Crippen molar-refractivity contribution in [2.45, 2.75) is 63.4 Å². The molecule has 0 saturated heterocycles. The van der Waals surface area contributed by atoms with Crippen LogP contribution in [0.3, 0.4) is 0 Å². The average Bonchev–Trinajstić information content (AvgIpc) is 2.85. The lowest BCUT2D eigenvalue weighted by Gasteiger charge is -2.36. The number of hydrogen-bond donors (Lipinski definition) is 4. The van der Waals surface area contributed by atoms with Crippen molar-refractivity contribution in [2.75, 3.05) is 24.8 Å². The van der Waals surface area contributed by atoms with E-state index in [1.807, 2.05) is 6.07 Å². The molecule has 0 bridgehead atoms. The molecule has 2 aromatic rings. The van der Waals surface area contributed by atoms with Gasteiger partial charge in [0.05, 0.1) is 23.8 Å². The van der Waals surface area contributed by atoms with Crippen LogP contribution in [0.2, 0.25) is 0 Å². The standard InChI is InChI=1S/C25H33F2N5O4/c1-25(34-2)11-8-17(9-12-25)36-22(29)18-15-30-21(14-19(18)28)32-24(33)31-20(10-13-35-23(26)27)16-6-4-3-5-7-16/h3-7,14-15,17,20,23,29H,8-13H2,1-2H3,(H4,28,30,31,32,33)/t17?,20-,25?/m1/s1. The lowest BCUT2D eigenvalue weighted by molar-refractivity contribution is -0.130. The van der Waals surface area contributed by atoms with Crippen LogP contribution >= 0.6 is 0 Å². The summed E-state index contributed by atoms with van der Waals surface area (Å²) in [4.78, 5) is 16.8. The largest absolute Gasteiger partial charge is 0.474 e. The van der Waals surface area contributed by atoms with Gasteiger partial charge in [0.2, 0.25) is 5.90 Å². The molecule has 5 N–H and O–H groups in total. The van der Waals surface area contributed by atoms with Gasteiger partial charge in [-0.25, -0.2) is 9.78 Å². The number of amides is 2. The molecule has 1 heterocycles. The van der Waals surface area contributed by atoms with Crippen LogP contribution in [0, 0.1) is 5.41 Å². The summed E-state index contributed by atoms with van der Waals surface area (Å²) in [6.45, 7) is -1.05. The molecule has 36 heavy (non-hydrogen) atoms. The van der Waals surface area contributed by atoms with Crippen LogP contribution in [0.5, 0.6) is 0 Å². The van der Waals surface area contributed by atoms with Gasteiger partial charge in [0.1, 0.15) is 11.9 Å². The summed E-state index contributed by atoms with van der Waals surface area (Å²) in [5.74, 6) is 0.0934. The van der Waals surface area contributed by atoms with E-state index in [1.54, 1.807) is 31.4 Å². The Hall–Kier alpha value is -3.31. The first kappa shape index (κ1) is 27.3. The zero-order valence-corrected chi connectivity index (χ0v) is 20.4. The van der Waals surface area contributed by atoms with Gasteiger partial charge in [-0.05, 0) is 44.6 Å². The van der Waals surface area contributed by atoms with Gasteiger partial charge < -0.3 is 25.3 Å². The highest BCUT2D eigenvalue weighted by molar-refractivity contribution is 5.98. The SMILES string of the molecule is COC1(C)CCC(OC(=N)c2cnc(NC(=O)N[C@H](CCOC(F)F)c3ccccc3)cc2N)CC1. The second-order valence-electron chi connectivity index (χ2n) is 8.94. The van der Waals surface area contributed by atoms with Crippen molar-refractivity contribution >= 4 is 23.4 Å². The van der Waals surface area contributed by atoms with Gasteiger partial charge in [-0.2, -0.15) is 8.78 Å². The number of rotatable bonds is 10. The second-order valence-corrected chi connectivity index (χ2v) is 8.94. The third kappa shape index (κ3) is 7.85.